The number of methoxy groups -OCH3 is 1. The third-order valence-corrected chi connectivity index (χ3v) is 7.53. The van der Waals surface area contributed by atoms with Crippen molar-refractivity contribution in [2.24, 2.45) is 12.8 Å². The van der Waals surface area contributed by atoms with Gasteiger partial charge in [0.15, 0.2) is 5.83 Å². The number of fused-ring (bicyclic) bond motifs is 1. The number of benzene rings is 2. The van der Waals surface area contributed by atoms with Crippen molar-refractivity contribution in [2.75, 3.05) is 24.6 Å². The van der Waals surface area contributed by atoms with Crippen LogP contribution in [0.2, 0.25) is 0 Å². The Hall–Kier alpha value is -5.35. The monoisotopic (exact) mass is 637 g/mol. The van der Waals surface area contributed by atoms with Gasteiger partial charge >= 0.3 is 6.18 Å². The average Bonchev–Trinajstić information content (AvgIpc) is 3.65. The van der Waals surface area contributed by atoms with E-state index in [-0.39, 0.29) is 17.1 Å². The van der Waals surface area contributed by atoms with E-state index in [1.165, 1.54) is 24.4 Å². The summed E-state index contributed by atoms with van der Waals surface area (Å²) in [6, 6.07) is 8.59. The largest absolute Gasteiger partial charge is 0.496 e. The molecule has 0 aliphatic heterocycles. The molecule has 13 heteroatoms. The molecule has 2 aromatic heterocycles. The van der Waals surface area contributed by atoms with Gasteiger partial charge in [0, 0.05) is 30.1 Å². The van der Waals surface area contributed by atoms with Crippen molar-refractivity contribution in [1.29, 1.82) is 0 Å². The first-order chi connectivity index (χ1) is 22.8. The van der Waals surface area contributed by atoms with E-state index in [1.807, 2.05) is 0 Å². The van der Waals surface area contributed by atoms with Gasteiger partial charge in [-0.05, 0) is 55.2 Å². The maximum Gasteiger partial charge on any atom is 0.405 e. The smallest absolute Gasteiger partial charge is 0.405 e. The molecule has 0 radical (unpaired) electrons. The zero-order chi connectivity index (χ0) is 36.1. The van der Waals surface area contributed by atoms with Gasteiger partial charge in [0.1, 0.15) is 18.1 Å². The number of hydrogen-bond donors (Lipinski definition) is 4. The number of hydrogen-bond acceptors (Lipinski definition) is 6. The van der Waals surface area contributed by atoms with Crippen molar-refractivity contribution < 1.29 is 36.0 Å². The molecule has 1 saturated carbocycles. The molecule has 6 N–H and O–H groups in total. The van der Waals surface area contributed by atoms with E-state index in [0.717, 1.165) is 18.9 Å². The van der Waals surface area contributed by atoms with Crippen LogP contribution < -0.4 is 26.8 Å². The van der Waals surface area contributed by atoms with Gasteiger partial charge < -0.3 is 31.4 Å². The number of amides is 2. The van der Waals surface area contributed by atoms with Crippen LogP contribution in [0.15, 0.2) is 55.0 Å². The number of nitrogens with one attached hydrogen (secondary N) is 2. The van der Waals surface area contributed by atoms with Crippen molar-refractivity contribution in [1.82, 2.24) is 14.9 Å². The van der Waals surface area contributed by atoms with E-state index < -0.39 is 54.3 Å². The Bertz CT molecular complexity index is 2090. The van der Waals surface area contributed by atoms with Crippen molar-refractivity contribution in [3.63, 3.8) is 0 Å². The third kappa shape index (κ3) is 6.38. The van der Waals surface area contributed by atoms with Crippen LogP contribution >= 0.6 is 0 Å². The number of aromatic nitrogens is 2. The number of carbonyl (C=O) groups is 2. The molecule has 1 aliphatic rings. The summed E-state index contributed by atoms with van der Waals surface area (Å²) in [6.07, 6.45) is -1.77. The zero-order valence-corrected chi connectivity index (χ0v) is 24.7. The molecule has 1 aliphatic carbocycles. The number of nitrogens with two attached hydrogens (primary N) is 2. The molecule has 2 heterocycles. The lowest BCUT2D eigenvalue weighted by Gasteiger charge is -2.15. The van der Waals surface area contributed by atoms with E-state index >= 15 is 0 Å². The quantitative estimate of drug-likeness (QED) is 0.122. The summed E-state index contributed by atoms with van der Waals surface area (Å²) >= 11 is 0. The Morgan fingerprint density at radius 3 is 2.61 bits per heavy atom. The second-order valence-electron chi connectivity index (χ2n) is 11.0. The molecular formula is C33H30F4N6O3. The minimum Gasteiger partial charge on any atom is -0.496 e. The zero-order valence-electron chi connectivity index (χ0n) is 27.7. The van der Waals surface area contributed by atoms with Crippen LogP contribution in [0.5, 0.6) is 5.75 Å². The fraction of sp³-hybridized carbons (Fsp3) is 0.242. The summed E-state index contributed by atoms with van der Waals surface area (Å²) in [4.78, 5) is 29.1. The van der Waals surface area contributed by atoms with Crippen molar-refractivity contribution in [2.45, 2.75) is 31.5 Å². The number of rotatable bonds is 7. The van der Waals surface area contributed by atoms with Crippen LogP contribution in [-0.4, -0.2) is 46.7 Å². The first-order valence-corrected chi connectivity index (χ1v) is 13.8. The lowest BCUT2D eigenvalue weighted by molar-refractivity contribution is -0.123. The minimum atomic E-state index is -4.72. The predicted octanol–water partition coefficient (Wildman–Crippen LogP) is 5.36. The predicted molar refractivity (Wildman–Crippen MR) is 168 cm³/mol. The van der Waals surface area contributed by atoms with Gasteiger partial charge in [-0.1, -0.05) is 30.6 Å². The molecule has 0 atom stereocenters. The molecule has 5 rings (SSSR count). The summed E-state index contributed by atoms with van der Waals surface area (Å²) in [5.41, 5.74) is 15.3. The number of anilines is 2. The molecule has 9 nitrogen and oxygen atoms in total. The van der Waals surface area contributed by atoms with Gasteiger partial charge in [-0.3, -0.25) is 9.59 Å². The lowest BCUT2D eigenvalue weighted by atomic mass is 9.94. The van der Waals surface area contributed by atoms with Crippen LogP contribution in [-0.2, 0) is 11.8 Å². The molecule has 46 heavy (non-hydrogen) atoms. The van der Waals surface area contributed by atoms with Crippen LogP contribution in [0.3, 0.4) is 0 Å². The van der Waals surface area contributed by atoms with Crippen molar-refractivity contribution in [3.8, 4) is 40.0 Å². The number of ether oxygens (including phenoxy) is 1. The fourth-order valence-electron chi connectivity index (χ4n) is 5.08. The van der Waals surface area contributed by atoms with Gasteiger partial charge in [0.05, 0.1) is 44.4 Å². The SMILES string of the molecule is [2H]C([2H])([2H])Oc1cc(-c2c(-c3ccc(NC(=O)C(=C)F)cc3C)n(C)c3c(C#CC4(N)CC4)cnc(N)c23)ccc1C(=O)NCC(F)(F)F. The summed E-state index contributed by atoms with van der Waals surface area (Å²) in [6.45, 7) is 3.08. The van der Waals surface area contributed by atoms with Gasteiger partial charge in [-0.15, -0.1) is 0 Å². The van der Waals surface area contributed by atoms with E-state index in [0.29, 0.717) is 38.9 Å². The minimum absolute atomic E-state index is 0.0690. The van der Waals surface area contributed by atoms with Crippen LogP contribution in [0.4, 0.5) is 29.1 Å². The number of carbonyl (C=O) groups excluding carboxylic acids is 2. The molecule has 0 unspecified atom stereocenters. The third-order valence-electron chi connectivity index (χ3n) is 7.53. The Balaban J connectivity index is 1.78. The molecule has 2 aromatic carbocycles. The highest BCUT2D eigenvalue weighted by atomic mass is 19.4. The molecule has 2 amide bonds. The molecule has 0 saturated heterocycles. The summed E-state index contributed by atoms with van der Waals surface area (Å²) in [7, 11) is -1.34. The van der Waals surface area contributed by atoms with Gasteiger partial charge in [-0.2, -0.15) is 13.2 Å². The van der Waals surface area contributed by atoms with E-state index in [9.17, 15) is 27.2 Å². The van der Waals surface area contributed by atoms with E-state index in [1.54, 1.807) is 36.0 Å². The number of aryl methyl sites for hydroxylation is 2. The van der Waals surface area contributed by atoms with Gasteiger partial charge in [0.2, 0.25) is 0 Å². The Morgan fingerprint density at radius 2 is 1.98 bits per heavy atom. The maximum absolute atomic E-state index is 13.4. The number of pyridine rings is 1. The molecular weight excluding hydrogens is 604 g/mol. The molecule has 1 fully saturated rings. The first-order valence-electron chi connectivity index (χ1n) is 15.3. The number of nitrogens with zero attached hydrogens (tertiary/aromatic N) is 2. The standard InChI is InChI=1S/C33H30F4N6O3/c1-17-13-21(42-30(44)18(2)34)6-8-22(17)28-25(19-5-7-23(24(14-19)46-4)31(45)41-16-33(35,36)37)26-27(43(28)3)20(15-40-29(26)38)9-10-32(39)11-12-32/h5-8,13-15H,2,11-12,16,39H2,1,3-4H3,(H2,38,40)(H,41,45)(H,42,44)/i4D3. The average molecular weight is 638 g/mol. The van der Waals surface area contributed by atoms with Crippen LogP contribution in [0.1, 0.15) is 38.4 Å². The highest BCUT2D eigenvalue weighted by Gasteiger charge is 2.36. The second kappa shape index (κ2) is 11.9. The van der Waals surface area contributed by atoms with Crippen LogP contribution in [0, 0.1) is 18.8 Å². The normalized spacial score (nSPS) is 14.7. The highest BCUT2D eigenvalue weighted by Crippen LogP contribution is 2.45. The molecule has 0 spiro atoms. The van der Waals surface area contributed by atoms with Crippen molar-refractivity contribution in [3.05, 3.63) is 71.7 Å². The lowest BCUT2D eigenvalue weighted by Crippen LogP contribution is -2.33. The van der Waals surface area contributed by atoms with Gasteiger partial charge in [0.25, 0.3) is 11.8 Å². The number of halogens is 4. The van der Waals surface area contributed by atoms with E-state index in [4.69, 9.17) is 20.3 Å². The Kier molecular flexibility index (Phi) is 7.26. The van der Waals surface area contributed by atoms with Crippen molar-refractivity contribution >= 4 is 34.2 Å². The van der Waals surface area contributed by atoms with E-state index in [2.05, 4.69) is 28.7 Å². The second-order valence-corrected chi connectivity index (χ2v) is 11.0. The molecule has 0 bridgehead atoms. The molecule has 238 valence electrons. The first kappa shape index (κ1) is 28.1. The fourth-order valence-corrected chi connectivity index (χ4v) is 5.08. The number of nitrogen functional groups attached to an aromatic ring is 1. The summed E-state index contributed by atoms with van der Waals surface area (Å²) in [5.74, 6) is 2.32. The Morgan fingerprint density at radius 1 is 1.24 bits per heavy atom. The van der Waals surface area contributed by atoms with Gasteiger partial charge in [-0.25, -0.2) is 9.37 Å². The Labute approximate surface area is 265 Å². The molecule has 4 aromatic rings. The highest BCUT2D eigenvalue weighted by molar-refractivity contribution is 6.12. The van der Waals surface area contributed by atoms with Crippen LogP contribution in [0.25, 0.3) is 33.3 Å². The topological polar surface area (TPSA) is 137 Å². The summed E-state index contributed by atoms with van der Waals surface area (Å²) < 4.78 is 82.0. The summed E-state index contributed by atoms with van der Waals surface area (Å²) in [5, 5.41) is 4.53. The number of alkyl halides is 3. The maximum atomic E-state index is 13.4.